The van der Waals surface area contributed by atoms with Gasteiger partial charge in [0.25, 0.3) is 7.37 Å². The Kier molecular flexibility index (Phi) is 5.02. The second-order valence-corrected chi connectivity index (χ2v) is 10.8. The first-order valence-electron chi connectivity index (χ1n) is 8.68. The Morgan fingerprint density at radius 3 is 2.85 bits per heavy atom. The Morgan fingerprint density at radius 1 is 1.30 bits per heavy atom. The second kappa shape index (κ2) is 7.31. The number of nitrogens with one attached hydrogen (secondary N) is 1. The van der Waals surface area contributed by atoms with Gasteiger partial charge in [0.05, 0.1) is 6.16 Å². The molecule has 1 aliphatic carbocycles. The Morgan fingerprint density at radius 2 is 2.07 bits per heavy atom. The molecule has 0 saturated heterocycles. The molecule has 0 bridgehead atoms. The first kappa shape index (κ1) is 18.5. The number of halogens is 1. The van der Waals surface area contributed by atoms with Crippen molar-refractivity contribution in [2.45, 2.75) is 24.5 Å². The monoisotopic (exact) mass is 419 g/mol. The van der Waals surface area contributed by atoms with E-state index in [0.29, 0.717) is 10.9 Å². The van der Waals surface area contributed by atoms with Gasteiger partial charge in [0.2, 0.25) is 0 Å². The predicted octanol–water partition coefficient (Wildman–Crippen LogP) is 6.24. The Labute approximate surface area is 166 Å². The van der Waals surface area contributed by atoms with E-state index in [0.717, 1.165) is 22.1 Å². The molecule has 1 N–H and O–H groups in total. The fourth-order valence-electron chi connectivity index (χ4n) is 3.29. The number of thiophene rings is 1. The lowest BCUT2D eigenvalue weighted by Gasteiger charge is -2.14. The Balaban J connectivity index is 1.37. The van der Waals surface area contributed by atoms with Crippen LogP contribution in [-0.2, 0) is 15.3 Å². The van der Waals surface area contributed by atoms with Crippen LogP contribution in [0.5, 0.6) is 0 Å². The number of fused-ring (bicyclic) bond motifs is 1. The number of hydrogen-bond donors (Lipinski definition) is 1. The molecule has 3 aromatic rings. The number of rotatable bonds is 5. The normalized spacial score (nSPS) is 20.8. The highest BCUT2D eigenvalue weighted by atomic mass is 35.5. The van der Waals surface area contributed by atoms with Crippen molar-refractivity contribution in [2.75, 3.05) is 6.66 Å². The molecule has 1 heterocycles. The molecular formula is C20H19ClNO3PS. The van der Waals surface area contributed by atoms with E-state index in [-0.39, 0.29) is 12.2 Å². The molecule has 140 valence electrons. The standard InChI is InChI=1S/C20H19ClNO3PS/c1-26(24,11-14-12-27-19-8-7-15(21)9-17(14)19)25-20(23)22-18-10-16(18)13-5-3-2-4-6-13/h2-9,12,16,18H,10-11H2,1H3,(H,22,23)/t16-,18+,26?/m0/s1. The van der Waals surface area contributed by atoms with Crippen LogP contribution in [0.3, 0.4) is 0 Å². The Hall–Kier alpha value is -1.81. The van der Waals surface area contributed by atoms with Crippen LogP contribution in [0.15, 0.2) is 53.9 Å². The van der Waals surface area contributed by atoms with Crippen LogP contribution in [0.2, 0.25) is 5.02 Å². The third-order valence-electron chi connectivity index (χ3n) is 4.67. The van der Waals surface area contributed by atoms with Crippen LogP contribution in [0.1, 0.15) is 23.5 Å². The van der Waals surface area contributed by atoms with Crippen LogP contribution in [0.25, 0.3) is 10.1 Å². The van der Waals surface area contributed by atoms with Crippen molar-refractivity contribution in [3.8, 4) is 0 Å². The first-order valence-corrected chi connectivity index (χ1v) is 12.2. The minimum absolute atomic E-state index is 0.0423. The van der Waals surface area contributed by atoms with Crippen LogP contribution >= 0.6 is 30.3 Å². The average molecular weight is 420 g/mol. The summed E-state index contributed by atoms with van der Waals surface area (Å²) >= 11 is 7.64. The van der Waals surface area contributed by atoms with Crippen molar-refractivity contribution in [1.82, 2.24) is 5.32 Å². The maximum atomic E-state index is 12.9. The van der Waals surface area contributed by atoms with E-state index in [2.05, 4.69) is 17.4 Å². The van der Waals surface area contributed by atoms with Crippen molar-refractivity contribution in [3.05, 3.63) is 70.1 Å². The van der Waals surface area contributed by atoms with E-state index in [4.69, 9.17) is 16.1 Å². The molecule has 27 heavy (non-hydrogen) atoms. The van der Waals surface area contributed by atoms with E-state index >= 15 is 0 Å². The molecule has 1 aromatic heterocycles. The topological polar surface area (TPSA) is 55.4 Å². The van der Waals surface area contributed by atoms with Crippen LogP contribution in [0, 0.1) is 0 Å². The quantitative estimate of drug-likeness (QED) is 0.497. The minimum Gasteiger partial charge on any atom is -0.396 e. The maximum absolute atomic E-state index is 12.9. The summed E-state index contributed by atoms with van der Waals surface area (Å²) in [5, 5.41) is 6.38. The van der Waals surface area contributed by atoms with Crippen LogP contribution < -0.4 is 5.32 Å². The fourth-order valence-corrected chi connectivity index (χ4v) is 5.88. The molecule has 1 amide bonds. The van der Waals surface area contributed by atoms with Gasteiger partial charge in [-0.1, -0.05) is 41.9 Å². The van der Waals surface area contributed by atoms with Gasteiger partial charge in [-0.2, -0.15) is 0 Å². The van der Waals surface area contributed by atoms with Crippen molar-refractivity contribution in [3.63, 3.8) is 0 Å². The van der Waals surface area contributed by atoms with E-state index in [1.807, 2.05) is 41.8 Å². The highest BCUT2D eigenvalue weighted by Crippen LogP contribution is 2.49. The van der Waals surface area contributed by atoms with Crippen molar-refractivity contribution >= 4 is 46.5 Å². The van der Waals surface area contributed by atoms with Gasteiger partial charge in [0, 0.05) is 28.3 Å². The van der Waals surface area contributed by atoms with Crippen LogP contribution in [0.4, 0.5) is 4.79 Å². The number of carbonyl (C=O) groups excluding carboxylic acids is 1. The lowest BCUT2D eigenvalue weighted by atomic mass is 10.1. The first-order chi connectivity index (χ1) is 12.9. The van der Waals surface area contributed by atoms with E-state index in [1.165, 1.54) is 12.2 Å². The second-order valence-electron chi connectivity index (χ2n) is 6.96. The summed E-state index contributed by atoms with van der Waals surface area (Å²) in [5.41, 5.74) is 2.09. The van der Waals surface area contributed by atoms with Gasteiger partial charge < -0.3 is 9.84 Å². The average Bonchev–Trinajstić information content (AvgIpc) is 3.28. The van der Waals surface area contributed by atoms with Crippen molar-refractivity contribution < 1.29 is 13.9 Å². The third kappa shape index (κ3) is 4.37. The molecule has 7 heteroatoms. The summed E-state index contributed by atoms with van der Waals surface area (Å²) in [6.07, 6.45) is 0.468. The molecule has 0 aliphatic heterocycles. The van der Waals surface area contributed by atoms with Crippen LogP contribution in [-0.4, -0.2) is 18.8 Å². The van der Waals surface area contributed by atoms with Crippen molar-refractivity contribution in [1.29, 1.82) is 0 Å². The zero-order valence-electron chi connectivity index (χ0n) is 14.7. The number of benzene rings is 2. The molecular weight excluding hydrogens is 401 g/mol. The van der Waals surface area contributed by atoms with Gasteiger partial charge in [-0.25, -0.2) is 4.79 Å². The highest BCUT2D eigenvalue weighted by Gasteiger charge is 2.40. The molecule has 3 atom stereocenters. The number of hydrogen-bond acceptors (Lipinski definition) is 4. The summed E-state index contributed by atoms with van der Waals surface area (Å²) in [6.45, 7) is 1.50. The predicted molar refractivity (Wildman–Crippen MR) is 111 cm³/mol. The molecule has 4 rings (SSSR count). The third-order valence-corrected chi connectivity index (χ3v) is 7.39. The maximum Gasteiger partial charge on any atom is 0.412 e. The van der Waals surface area contributed by atoms with Crippen molar-refractivity contribution in [2.24, 2.45) is 0 Å². The highest BCUT2D eigenvalue weighted by molar-refractivity contribution is 7.57. The molecule has 2 aromatic carbocycles. The molecule has 1 unspecified atom stereocenters. The summed E-state index contributed by atoms with van der Waals surface area (Å²) < 4.78 is 19.2. The van der Waals surface area contributed by atoms with Gasteiger partial charge in [-0.3, -0.25) is 4.57 Å². The molecule has 4 nitrogen and oxygen atoms in total. The smallest absolute Gasteiger partial charge is 0.396 e. The summed E-state index contributed by atoms with van der Waals surface area (Å²) in [7, 11) is -3.13. The zero-order chi connectivity index (χ0) is 19.0. The molecule has 0 spiro atoms. The zero-order valence-corrected chi connectivity index (χ0v) is 17.2. The summed E-state index contributed by atoms with van der Waals surface area (Å²) in [4.78, 5) is 12.2. The van der Waals surface area contributed by atoms with Gasteiger partial charge in [0.15, 0.2) is 0 Å². The largest absolute Gasteiger partial charge is 0.412 e. The molecule has 0 radical (unpaired) electrons. The summed E-state index contributed by atoms with van der Waals surface area (Å²) in [6, 6.07) is 15.7. The molecule has 1 saturated carbocycles. The molecule has 1 fully saturated rings. The molecule has 1 aliphatic rings. The van der Waals surface area contributed by atoms with Gasteiger partial charge in [-0.15, -0.1) is 11.3 Å². The van der Waals surface area contributed by atoms with Gasteiger partial charge in [-0.05, 0) is 46.5 Å². The summed E-state index contributed by atoms with van der Waals surface area (Å²) in [5.74, 6) is 0.304. The van der Waals surface area contributed by atoms with Gasteiger partial charge >= 0.3 is 6.09 Å². The lowest BCUT2D eigenvalue weighted by molar-refractivity contribution is 0.201. The van der Waals surface area contributed by atoms with E-state index in [9.17, 15) is 9.36 Å². The number of amides is 1. The van der Waals surface area contributed by atoms with Gasteiger partial charge in [0.1, 0.15) is 0 Å². The number of carbonyl (C=O) groups is 1. The lowest BCUT2D eigenvalue weighted by Crippen LogP contribution is -2.26. The fraction of sp³-hybridized carbons (Fsp3) is 0.250. The minimum atomic E-state index is -3.13. The Bertz CT molecular complexity index is 1040. The van der Waals surface area contributed by atoms with E-state index in [1.54, 1.807) is 11.3 Å². The SMILES string of the molecule is CP(=O)(Cc1csc2ccc(Cl)cc12)OC(=O)N[C@@H]1C[C@H]1c1ccccc1. The van der Waals surface area contributed by atoms with E-state index < -0.39 is 13.5 Å².